The molecule has 3 aromatic heterocycles. The molecule has 0 aliphatic rings. The summed E-state index contributed by atoms with van der Waals surface area (Å²) in [4.78, 5) is 15.5. The Hall–Kier alpha value is -2.21. The van der Waals surface area contributed by atoms with Crippen LogP contribution in [0.15, 0.2) is 30.6 Å². The molecule has 0 fully saturated rings. The molecular formula is C15H17N5S. The smallest absolute Gasteiger partial charge is 0.225 e. The fraction of sp³-hybridized carbons (Fsp3) is 0.267. The molecule has 108 valence electrons. The summed E-state index contributed by atoms with van der Waals surface area (Å²) in [6.07, 6.45) is 4.64. The van der Waals surface area contributed by atoms with E-state index in [1.807, 2.05) is 25.4 Å². The Balaban J connectivity index is 1.94. The lowest BCUT2D eigenvalue weighted by atomic mass is 10.2. The van der Waals surface area contributed by atoms with Crippen LogP contribution in [0.5, 0.6) is 0 Å². The number of aromatic nitrogens is 3. The first kappa shape index (κ1) is 13.8. The molecule has 0 bridgehead atoms. The Morgan fingerprint density at radius 2 is 2.19 bits per heavy atom. The number of hydrogen-bond acceptors (Lipinski definition) is 6. The second-order valence-corrected chi connectivity index (χ2v) is 5.76. The van der Waals surface area contributed by atoms with E-state index in [0.717, 1.165) is 28.0 Å². The summed E-state index contributed by atoms with van der Waals surface area (Å²) in [6, 6.07) is 6.15. The Kier molecular flexibility index (Phi) is 3.96. The maximum Gasteiger partial charge on any atom is 0.225 e. The quantitative estimate of drug-likeness (QED) is 0.757. The van der Waals surface area contributed by atoms with Crippen LogP contribution in [-0.2, 0) is 13.0 Å². The standard InChI is InChI=1S/C15H17N5S/c1-3-11-7-12-13(18-9-10-5-4-6-17-8-10)19-15(16-2)20-14(12)21-11/h4-8H,3,9H2,1-2H3,(H2,16,18,19,20). The third kappa shape index (κ3) is 2.95. The monoisotopic (exact) mass is 299 g/mol. The predicted molar refractivity (Wildman–Crippen MR) is 87.9 cm³/mol. The van der Waals surface area contributed by atoms with Gasteiger partial charge in [0, 0.05) is 30.9 Å². The second-order valence-electron chi connectivity index (χ2n) is 4.65. The van der Waals surface area contributed by atoms with Crippen molar-refractivity contribution in [2.24, 2.45) is 0 Å². The fourth-order valence-electron chi connectivity index (χ4n) is 2.08. The van der Waals surface area contributed by atoms with E-state index in [9.17, 15) is 0 Å². The average molecular weight is 299 g/mol. The van der Waals surface area contributed by atoms with Crippen molar-refractivity contribution in [2.45, 2.75) is 19.9 Å². The molecule has 21 heavy (non-hydrogen) atoms. The highest BCUT2D eigenvalue weighted by Crippen LogP contribution is 2.30. The summed E-state index contributed by atoms with van der Waals surface area (Å²) in [6.45, 7) is 2.85. The molecular weight excluding hydrogens is 282 g/mol. The van der Waals surface area contributed by atoms with Crippen molar-refractivity contribution >= 4 is 33.3 Å². The summed E-state index contributed by atoms with van der Waals surface area (Å²) in [5.41, 5.74) is 1.13. The minimum atomic E-state index is 0.640. The van der Waals surface area contributed by atoms with Crippen LogP contribution in [0.2, 0.25) is 0 Å². The van der Waals surface area contributed by atoms with Crippen LogP contribution in [-0.4, -0.2) is 22.0 Å². The van der Waals surface area contributed by atoms with E-state index in [2.05, 4.69) is 38.6 Å². The molecule has 3 rings (SSSR count). The molecule has 6 heteroatoms. The van der Waals surface area contributed by atoms with Gasteiger partial charge in [-0.3, -0.25) is 4.98 Å². The maximum atomic E-state index is 4.54. The van der Waals surface area contributed by atoms with Crippen LogP contribution in [0.1, 0.15) is 17.4 Å². The normalized spacial score (nSPS) is 10.8. The number of thiophene rings is 1. The molecule has 3 aromatic rings. The van der Waals surface area contributed by atoms with Crippen molar-refractivity contribution in [3.63, 3.8) is 0 Å². The van der Waals surface area contributed by atoms with Gasteiger partial charge in [0.05, 0.1) is 5.39 Å². The molecule has 0 unspecified atom stereocenters. The molecule has 0 radical (unpaired) electrons. The van der Waals surface area contributed by atoms with Crippen LogP contribution in [0.3, 0.4) is 0 Å². The van der Waals surface area contributed by atoms with Crippen molar-refractivity contribution in [3.8, 4) is 0 Å². The van der Waals surface area contributed by atoms with Gasteiger partial charge in [0.1, 0.15) is 10.6 Å². The van der Waals surface area contributed by atoms with Gasteiger partial charge in [0.15, 0.2) is 0 Å². The lowest BCUT2D eigenvalue weighted by Crippen LogP contribution is -2.05. The third-order valence-electron chi connectivity index (χ3n) is 3.20. The first-order chi connectivity index (χ1) is 10.3. The first-order valence-electron chi connectivity index (χ1n) is 6.91. The summed E-state index contributed by atoms with van der Waals surface area (Å²) in [5.74, 6) is 1.50. The Bertz CT molecular complexity index is 738. The van der Waals surface area contributed by atoms with Gasteiger partial charge in [-0.1, -0.05) is 13.0 Å². The highest BCUT2D eigenvalue weighted by molar-refractivity contribution is 7.18. The van der Waals surface area contributed by atoms with Gasteiger partial charge in [-0.25, -0.2) is 4.98 Å². The number of aryl methyl sites for hydroxylation is 1. The van der Waals surface area contributed by atoms with Gasteiger partial charge < -0.3 is 10.6 Å². The van der Waals surface area contributed by atoms with E-state index in [0.29, 0.717) is 12.5 Å². The highest BCUT2D eigenvalue weighted by atomic mass is 32.1. The number of nitrogens with one attached hydrogen (secondary N) is 2. The Morgan fingerprint density at radius 1 is 1.29 bits per heavy atom. The van der Waals surface area contributed by atoms with Crippen LogP contribution in [0.4, 0.5) is 11.8 Å². The van der Waals surface area contributed by atoms with Crippen molar-refractivity contribution in [3.05, 3.63) is 41.0 Å². The van der Waals surface area contributed by atoms with Gasteiger partial charge >= 0.3 is 0 Å². The lowest BCUT2D eigenvalue weighted by Gasteiger charge is -2.08. The van der Waals surface area contributed by atoms with Crippen molar-refractivity contribution < 1.29 is 0 Å². The zero-order chi connectivity index (χ0) is 14.7. The second kappa shape index (κ2) is 6.05. The molecule has 0 amide bonds. The summed E-state index contributed by atoms with van der Waals surface area (Å²) >= 11 is 1.72. The third-order valence-corrected chi connectivity index (χ3v) is 4.37. The molecule has 0 atom stereocenters. The molecule has 3 heterocycles. The average Bonchev–Trinajstić information content (AvgIpc) is 2.96. The van der Waals surface area contributed by atoms with Gasteiger partial charge in [-0.15, -0.1) is 11.3 Å². The van der Waals surface area contributed by atoms with Gasteiger partial charge in [-0.05, 0) is 24.1 Å². The van der Waals surface area contributed by atoms with Crippen LogP contribution >= 0.6 is 11.3 Å². The molecule has 5 nitrogen and oxygen atoms in total. The van der Waals surface area contributed by atoms with Gasteiger partial charge in [0.25, 0.3) is 0 Å². The number of anilines is 2. The van der Waals surface area contributed by atoms with E-state index in [1.165, 1.54) is 4.88 Å². The molecule has 0 aliphatic heterocycles. The molecule has 0 aromatic carbocycles. The molecule has 2 N–H and O–H groups in total. The number of nitrogens with zero attached hydrogens (tertiary/aromatic N) is 3. The minimum Gasteiger partial charge on any atom is -0.365 e. The van der Waals surface area contributed by atoms with Crippen LogP contribution in [0.25, 0.3) is 10.2 Å². The molecule has 0 spiro atoms. The minimum absolute atomic E-state index is 0.640. The van der Waals surface area contributed by atoms with E-state index in [-0.39, 0.29) is 0 Å². The molecule has 0 aliphatic carbocycles. The van der Waals surface area contributed by atoms with Gasteiger partial charge in [-0.2, -0.15) is 4.98 Å². The first-order valence-corrected chi connectivity index (χ1v) is 7.72. The SMILES string of the molecule is CCc1cc2c(NCc3cccnc3)nc(NC)nc2s1. The zero-order valence-corrected chi connectivity index (χ0v) is 12.9. The number of rotatable bonds is 5. The lowest BCUT2D eigenvalue weighted by molar-refractivity contribution is 1.08. The highest BCUT2D eigenvalue weighted by Gasteiger charge is 2.10. The Morgan fingerprint density at radius 3 is 2.90 bits per heavy atom. The van der Waals surface area contributed by atoms with E-state index >= 15 is 0 Å². The number of pyridine rings is 1. The number of fused-ring (bicyclic) bond motifs is 1. The van der Waals surface area contributed by atoms with Crippen molar-refractivity contribution in [1.29, 1.82) is 0 Å². The number of hydrogen-bond donors (Lipinski definition) is 2. The Labute approximate surface area is 127 Å². The van der Waals surface area contributed by atoms with Gasteiger partial charge in [0.2, 0.25) is 5.95 Å². The summed E-state index contributed by atoms with van der Waals surface area (Å²) in [5, 5.41) is 7.49. The van der Waals surface area contributed by atoms with E-state index < -0.39 is 0 Å². The van der Waals surface area contributed by atoms with Crippen LogP contribution in [0, 0.1) is 0 Å². The summed E-state index contributed by atoms with van der Waals surface area (Å²) < 4.78 is 0. The van der Waals surface area contributed by atoms with Crippen LogP contribution < -0.4 is 10.6 Å². The van der Waals surface area contributed by atoms with Crippen molar-refractivity contribution in [1.82, 2.24) is 15.0 Å². The van der Waals surface area contributed by atoms with E-state index in [1.54, 1.807) is 17.5 Å². The predicted octanol–water partition coefficient (Wildman–Crippen LogP) is 3.30. The topological polar surface area (TPSA) is 62.7 Å². The van der Waals surface area contributed by atoms with Crippen molar-refractivity contribution in [2.75, 3.05) is 17.7 Å². The molecule has 0 saturated heterocycles. The van der Waals surface area contributed by atoms with E-state index in [4.69, 9.17) is 0 Å². The zero-order valence-electron chi connectivity index (χ0n) is 12.1. The summed E-state index contributed by atoms with van der Waals surface area (Å²) in [7, 11) is 1.83. The molecule has 0 saturated carbocycles. The maximum absolute atomic E-state index is 4.54. The largest absolute Gasteiger partial charge is 0.365 e. The fourth-order valence-corrected chi connectivity index (χ4v) is 3.05.